The maximum atomic E-state index is 7.19. The third kappa shape index (κ3) is 0.981. The van der Waals surface area contributed by atoms with Crippen LogP contribution in [0.5, 0.6) is 0 Å². The van der Waals surface area contributed by atoms with E-state index < -0.39 is 0 Å². The normalized spacial score (nSPS) is 80.1. The fraction of sp³-hybridized carbons (Fsp3) is 1.00. The molecule has 2 heterocycles. The molecule has 10 aliphatic rings. The average Bonchev–Trinajstić information content (AvgIpc) is 3.34. The van der Waals surface area contributed by atoms with Crippen molar-refractivity contribution in [1.29, 1.82) is 0 Å². The third-order valence-electron chi connectivity index (χ3n) is 12.4. The number of hydrogen-bond donors (Lipinski definition) is 0. The fourth-order valence-electron chi connectivity index (χ4n) is 13.1. The first-order valence-corrected chi connectivity index (χ1v) is 11.5. The van der Waals surface area contributed by atoms with Gasteiger partial charge in [0.2, 0.25) is 0 Å². The molecule has 10 fully saturated rings. The molecule has 10 rings (SSSR count). The van der Waals surface area contributed by atoms with Crippen LogP contribution in [0.15, 0.2) is 0 Å². The Morgan fingerprint density at radius 3 is 2.27 bits per heavy atom. The van der Waals surface area contributed by atoms with E-state index in [4.69, 9.17) is 14.2 Å². The molecule has 0 aromatic rings. The van der Waals surface area contributed by atoms with E-state index in [1.807, 2.05) is 7.11 Å². The highest BCUT2D eigenvalue weighted by Crippen LogP contribution is 2.93. The van der Waals surface area contributed by atoms with Crippen LogP contribution in [0.2, 0.25) is 0 Å². The minimum atomic E-state index is 0.0166. The lowest BCUT2D eigenvalue weighted by Crippen LogP contribution is -2.64. The van der Waals surface area contributed by atoms with Crippen LogP contribution in [-0.2, 0) is 14.2 Å². The molecule has 0 aromatic carbocycles. The molecule has 0 N–H and O–H groups in total. The molecule has 0 radical (unpaired) electrons. The van der Waals surface area contributed by atoms with Gasteiger partial charge in [-0.15, -0.1) is 0 Å². The van der Waals surface area contributed by atoms with Crippen LogP contribution in [0.3, 0.4) is 0 Å². The van der Waals surface area contributed by atoms with Crippen molar-refractivity contribution >= 4 is 0 Å². The lowest BCUT2D eigenvalue weighted by molar-refractivity contribution is -0.265. The summed E-state index contributed by atoms with van der Waals surface area (Å²) in [4.78, 5) is 0. The molecule has 2 saturated heterocycles. The average molecular weight is 354 g/mol. The maximum Gasteiger partial charge on any atom is 0.158 e. The monoisotopic (exact) mass is 354 g/mol. The van der Waals surface area contributed by atoms with Crippen LogP contribution in [0, 0.1) is 70.0 Å². The molecule has 2 aliphatic heterocycles. The topological polar surface area (TPSA) is 27.7 Å². The van der Waals surface area contributed by atoms with Crippen LogP contribution in [-0.4, -0.2) is 31.7 Å². The minimum Gasteiger partial charge on any atom is -0.373 e. The molecule has 3 nitrogen and oxygen atoms in total. The first kappa shape index (κ1) is 14.0. The number of hydrogen-bond acceptors (Lipinski definition) is 3. The van der Waals surface area contributed by atoms with Crippen LogP contribution in [0.4, 0.5) is 0 Å². The fourth-order valence-corrected chi connectivity index (χ4v) is 13.1. The highest BCUT2D eigenvalue weighted by Gasteiger charge is 2.93. The predicted molar refractivity (Wildman–Crippen MR) is 92.9 cm³/mol. The summed E-state index contributed by atoms with van der Waals surface area (Å²) in [6, 6.07) is 0. The number of rotatable bonds is 1. The van der Waals surface area contributed by atoms with Crippen molar-refractivity contribution in [2.45, 2.75) is 63.6 Å². The van der Waals surface area contributed by atoms with Crippen molar-refractivity contribution in [3.8, 4) is 0 Å². The summed E-state index contributed by atoms with van der Waals surface area (Å²) in [5.41, 5.74) is 0.872. The second-order valence-electron chi connectivity index (χ2n) is 12.0. The smallest absolute Gasteiger partial charge is 0.158 e. The van der Waals surface area contributed by atoms with Gasteiger partial charge in [-0.2, -0.15) is 0 Å². The van der Waals surface area contributed by atoms with Gasteiger partial charge in [0, 0.05) is 24.4 Å². The van der Waals surface area contributed by atoms with Gasteiger partial charge in [-0.05, 0) is 84.9 Å². The largest absolute Gasteiger partial charge is 0.373 e. The first-order valence-electron chi connectivity index (χ1n) is 11.5. The van der Waals surface area contributed by atoms with Crippen molar-refractivity contribution in [1.82, 2.24) is 0 Å². The lowest BCUT2D eigenvalue weighted by atomic mass is 9.48. The predicted octanol–water partition coefficient (Wildman–Crippen LogP) is 3.33. The lowest BCUT2D eigenvalue weighted by Gasteiger charge is -2.62. The van der Waals surface area contributed by atoms with E-state index in [-0.39, 0.29) is 6.29 Å². The maximum absolute atomic E-state index is 7.19. The second kappa shape index (κ2) is 3.71. The molecule has 16 atom stereocenters. The van der Waals surface area contributed by atoms with Gasteiger partial charge in [0.1, 0.15) is 0 Å². The molecular weight excluding hydrogens is 324 g/mol. The summed E-state index contributed by atoms with van der Waals surface area (Å²) >= 11 is 0. The van der Waals surface area contributed by atoms with Gasteiger partial charge >= 0.3 is 0 Å². The van der Waals surface area contributed by atoms with E-state index in [9.17, 15) is 0 Å². The SMILES string of the molecule is CO[C@@H]1C[C@]23[C@H]4[C@H]5[C@@H](CC[C@@H]5O1)[C@H]1[C@@H]4[C@H]4[C@H]5[C@H]6[C@@H](CC[C@@H]6O[C@H]2[C@]51C)[C@@H]43. The van der Waals surface area contributed by atoms with E-state index in [0.29, 0.717) is 29.1 Å². The van der Waals surface area contributed by atoms with Crippen molar-refractivity contribution in [3.05, 3.63) is 0 Å². The van der Waals surface area contributed by atoms with Crippen LogP contribution < -0.4 is 0 Å². The van der Waals surface area contributed by atoms with E-state index in [2.05, 4.69) is 6.92 Å². The zero-order valence-electron chi connectivity index (χ0n) is 15.8. The van der Waals surface area contributed by atoms with Crippen molar-refractivity contribution in [3.63, 3.8) is 0 Å². The molecule has 8 saturated carbocycles. The summed E-state index contributed by atoms with van der Waals surface area (Å²) in [7, 11) is 1.89. The van der Waals surface area contributed by atoms with Gasteiger partial charge < -0.3 is 14.2 Å². The molecule has 1 spiro atoms. The van der Waals surface area contributed by atoms with Gasteiger partial charge in [0.05, 0.1) is 18.3 Å². The van der Waals surface area contributed by atoms with Gasteiger partial charge in [-0.3, -0.25) is 0 Å². The van der Waals surface area contributed by atoms with Crippen LogP contribution in [0.1, 0.15) is 39.0 Å². The Morgan fingerprint density at radius 2 is 1.46 bits per heavy atom. The van der Waals surface area contributed by atoms with E-state index in [0.717, 1.165) is 65.6 Å². The Kier molecular flexibility index (Phi) is 1.99. The van der Waals surface area contributed by atoms with Crippen molar-refractivity contribution < 1.29 is 14.2 Å². The summed E-state index contributed by atoms with van der Waals surface area (Å²) in [5.74, 6) is 9.56. The molecule has 3 heteroatoms. The Hall–Kier alpha value is -0.120. The van der Waals surface area contributed by atoms with E-state index in [1.54, 1.807) is 0 Å². The number of methoxy groups -OCH3 is 1. The molecule has 0 unspecified atom stereocenters. The zero-order chi connectivity index (χ0) is 16.7. The molecular formula is C23H30O3. The van der Waals surface area contributed by atoms with Crippen LogP contribution >= 0.6 is 0 Å². The molecule has 9 bridgehead atoms. The Morgan fingerprint density at radius 1 is 0.769 bits per heavy atom. The van der Waals surface area contributed by atoms with E-state index >= 15 is 0 Å². The van der Waals surface area contributed by atoms with Gasteiger partial charge in [0.15, 0.2) is 6.29 Å². The quantitative estimate of drug-likeness (QED) is 0.723. The molecule has 0 amide bonds. The van der Waals surface area contributed by atoms with Gasteiger partial charge in [-0.25, -0.2) is 0 Å². The van der Waals surface area contributed by atoms with Crippen molar-refractivity contribution in [2.24, 2.45) is 70.0 Å². The summed E-state index contributed by atoms with van der Waals surface area (Å²) < 4.78 is 19.8. The first-order chi connectivity index (χ1) is 12.7. The highest BCUT2D eigenvalue weighted by molar-refractivity contribution is 5.40. The van der Waals surface area contributed by atoms with Crippen molar-refractivity contribution in [2.75, 3.05) is 7.11 Å². The summed E-state index contributed by atoms with van der Waals surface area (Å²) in [6.45, 7) is 2.72. The molecule has 140 valence electrons. The third-order valence-corrected chi connectivity index (χ3v) is 12.4. The summed E-state index contributed by atoms with van der Waals surface area (Å²) in [5, 5.41) is 0. The molecule has 8 aliphatic carbocycles. The van der Waals surface area contributed by atoms with E-state index in [1.165, 1.54) is 25.7 Å². The Bertz CT molecular complexity index is 748. The van der Waals surface area contributed by atoms with Crippen LogP contribution in [0.25, 0.3) is 0 Å². The Labute approximate surface area is 155 Å². The minimum absolute atomic E-state index is 0.0166. The second-order valence-corrected chi connectivity index (χ2v) is 12.0. The number of ether oxygens (including phenoxy) is 3. The standard InChI is InChI=1S/C23H30O3/c1-22-17-8-3-5-10-14(8)20-15(17)16-18-9-4-6-11(13(9)19(16)22)26-21(22)23(18,20)7-12(24-2)25-10/h8-21H,3-7H2,1-2H3/t8-,9-,10+,11+,12+,13+,14+,15+,16-,17+,18+,19-,20+,21+,22+,23+/m1/s1. The van der Waals surface area contributed by atoms with Gasteiger partial charge in [0.25, 0.3) is 0 Å². The molecule has 0 aromatic heterocycles. The Balaban J connectivity index is 1.39. The van der Waals surface area contributed by atoms with Gasteiger partial charge in [-0.1, -0.05) is 6.92 Å². The summed E-state index contributed by atoms with van der Waals surface area (Å²) in [6.07, 6.45) is 8.29. The highest BCUT2D eigenvalue weighted by atomic mass is 16.7. The zero-order valence-corrected chi connectivity index (χ0v) is 15.8. The molecule has 26 heavy (non-hydrogen) atoms.